The molecule has 0 aromatic heterocycles. The van der Waals surface area contributed by atoms with Crippen LogP contribution in [0.3, 0.4) is 0 Å². The molecule has 1 aromatic rings. The summed E-state index contributed by atoms with van der Waals surface area (Å²) in [5.74, 6) is 0.856. The van der Waals surface area contributed by atoms with Gasteiger partial charge in [-0.15, -0.1) is 0 Å². The van der Waals surface area contributed by atoms with Gasteiger partial charge in [-0.1, -0.05) is 0 Å². The van der Waals surface area contributed by atoms with Gasteiger partial charge in [0.05, 0.1) is 72.7 Å². The highest BCUT2D eigenvalue weighted by Gasteiger charge is 1.95. The molecule has 0 N–H and O–H groups in total. The lowest BCUT2D eigenvalue weighted by molar-refractivity contribution is -0.0159. The van der Waals surface area contributed by atoms with E-state index in [1.165, 1.54) is 3.57 Å². The minimum absolute atomic E-state index is 0.529. The lowest BCUT2D eigenvalue weighted by Crippen LogP contribution is -2.14. The van der Waals surface area contributed by atoms with Crippen LogP contribution < -0.4 is 4.74 Å². The first kappa shape index (κ1) is 24.5. The maximum atomic E-state index is 5.57. The lowest BCUT2D eigenvalue weighted by atomic mass is 10.3. The summed E-state index contributed by atoms with van der Waals surface area (Å²) in [6.45, 7) is 6.68. The standard InChI is InChI=1S/C19H31IO7/c1-21-6-7-22-8-9-23-10-11-24-12-13-25-14-15-26-16-17-27-19-4-2-18(20)3-5-19/h2-5H,6-17H2,1H3. The molecule has 0 aliphatic rings. The second-order valence-electron chi connectivity index (χ2n) is 5.36. The van der Waals surface area contributed by atoms with Crippen molar-refractivity contribution in [2.45, 2.75) is 0 Å². The summed E-state index contributed by atoms with van der Waals surface area (Å²) in [4.78, 5) is 0. The molecule has 0 saturated carbocycles. The van der Waals surface area contributed by atoms with E-state index in [4.69, 9.17) is 33.2 Å². The molecule has 0 spiro atoms. The SMILES string of the molecule is COCCOCCOCCOCCOCCOCCOc1ccc(I)cc1. The Hall–Kier alpha value is -0.490. The molecule has 8 heteroatoms. The van der Waals surface area contributed by atoms with E-state index in [1.807, 2.05) is 24.3 Å². The average molecular weight is 498 g/mol. The number of hydrogen-bond donors (Lipinski definition) is 0. The molecule has 0 saturated heterocycles. The molecule has 0 radical (unpaired) electrons. The molecule has 0 amide bonds. The van der Waals surface area contributed by atoms with E-state index in [1.54, 1.807) is 7.11 Å². The molecule has 27 heavy (non-hydrogen) atoms. The Balaban J connectivity index is 1.71. The van der Waals surface area contributed by atoms with Crippen LogP contribution >= 0.6 is 22.6 Å². The van der Waals surface area contributed by atoms with Crippen LogP contribution in [0.5, 0.6) is 5.75 Å². The molecule has 0 aliphatic carbocycles. The van der Waals surface area contributed by atoms with Crippen molar-refractivity contribution >= 4 is 22.6 Å². The Morgan fingerprint density at radius 3 is 1.33 bits per heavy atom. The van der Waals surface area contributed by atoms with Gasteiger partial charge >= 0.3 is 0 Å². The van der Waals surface area contributed by atoms with Crippen LogP contribution in [0.2, 0.25) is 0 Å². The predicted octanol–water partition coefficient (Wildman–Crippen LogP) is 2.40. The minimum Gasteiger partial charge on any atom is -0.491 e. The van der Waals surface area contributed by atoms with E-state index in [0.29, 0.717) is 79.3 Å². The Kier molecular flexibility index (Phi) is 17.1. The number of benzene rings is 1. The van der Waals surface area contributed by atoms with Gasteiger partial charge in [0.15, 0.2) is 0 Å². The zero-order valence-corrected chi connectivity index (χ0v) is 18.2. The fourth-order valence-corrected chi connectivity index (χ4v) is 2.23. The van der Waals surface area contributed by atoms with Crippen molar-refractivity contribution in [3.63, 3.8) is 0 Å². The van der Waals surface area contributed by atoms with E-state index in [2.05, 4.69) is 22.6 Å². The molecular formula is C19H31IO7. The molecule has 0 aliphatic heterocycles. The molecule has 1 aromatic carbocycles. The van der Waals surface area contributed by atoms with Crippen LogP contribution in [0.4, 0.5) is 0 Å². The second kappa shape index (κ2) is 18.9. The minimum atomic E-state index is 0.529. The molecule has 0 unspecified atom stereocenters. The quantitative estimate of drug-likeness (QED) is 0.215. The van der Waals surface area contributed by atoms with Gasteiger partial charge in [0.25, 0.3) is 0 Å². The molecule has 1 rings (SSSR count). The Morgan fingerprint density at radius 1 is 0.556 bits per heavy atom. The molecule has 0 atom stereocenters. The van der Waals surface area contributed by atoms with Crippen molar-refractivity contribution in [1.29, 1.82) is 0 Å². The fourth-order valence-electron chi connectivity index (χ4n) is 1.87. The summed E-state index contributed by atoms with van der Waals surface area (Å²) in [7, 11) is 1.65. The first-order chi connectivity index (χ1) is 13.3. The number of methoxy groups -OCH3 is 1. The average Bonchev–Trinajstić information content (AvgIpc) is 2.68. The maximum absolute atomic E-state index is 5.57. The highest BCUT2D eigenvalue weighted by Crippen LogP contribution is 2.13. The summed E-state index contributed by atoms with van der Waals surface area (Å²) in [6.07, 6.45) is 0. The first-order valence-corrected chi connectivity index (χ1v) is 10.2. The Bertz CT molecular complexity index is 431. The molecule has 0 bridgehead atoms. The summed E-state index contributed by atoms with van der Waals surface area (Å²) >= 11 is 2.26. The van der Waals surface area contributed by atoms with Crippen molar-refractivity contribution in [3.05, 3.63) is 27.8 Å². The van der Waals surface area contributed by atoms with Gasteiger partial charge in [-0.05, 0) is 46.9 Å². The predicted molar refractivity (Wildman–Crippen MR) is 111 cm³/mol. The van der Waals surface area contributed by atoms with E-state index >= 15 is 0 Å². The third-order valence-electron chi connectivity index (χ3n) is 3.23. The zero-order valence-electron chi connectivity index (χ0n) is 16.0. The third-order valence-corrected chi connectivity index (χ3v) is 3.95. The van der Waals surface area contributed by atoms with Gasteiger partial charge in [-0.25, -0.2) is 0 Å². The van der Waals surface area contributed by atoms with E-state index in [9.17, 15) is 0 Å². The van der Waals surface area contributed by atoms with E-state index in [-0.39, 0.29) is 0 Å². The van der Waals surface area contributed by atoms with E-state index < -0.39 is 0 Å². The van der Waals surface area contributed by atoms with Crippen LogP contribution in [0.1, 0.15) is 0 Å². The van der Waals surface area contributed by atoms with Gasteiger partial charge in [0.2, 0.25) is 0 Å². The smallest absolute Gasteiger partial charge is 0.119 e. The molecule has 0 heterocycles. The van der Waals surface area contributed by atoms with Gasteiger partial charge < -0.3 is 33.2 Å². The van der Waals surface area contributed by atoms with Crippen molar-refractivity contribution < 1.29 is 33.2 Å². The number of hydrogen-bond acceptors (Lipinski definition) is 7. The summed E-state index contributed by atoms with van der Waals surface area (Å²) in [5.41, 5.74) is 0. The summed E-state index contributed by atoms with van der Waals surface area (Å²) in [5, 5.41) is 0. The zero-order chi connectivity index (χ0) is 19.4. The largest absolute Gasteiger partial charge is 0.491 e. The van der Waals surface area contributed by atoms with Crippen LogP contribution in [0, 0.1) is 3.57 Å². The monoisotopic (exact) mass is 498 g/mol. The highest BCUT2D eigenvalue weighted by molar-refractivity contribution is 14.1. The number of halogens is 1. The van der Waals surface area contributed by atoms with Gasteiger partial charge in [-0.3, -0.25) is 0 Å². The van der Waals surface area contributed by atoms with Crippen LogP contribution in [-0.2, 0) is 28.4 Å². The molecule has 156 valence electrons. The number of rotatable bonds is 19. The normalized spacial score (nSPS) is 11.0. The van der Waals surface area contributed by atoms with Crippen molar-refractivity contribution in [1.82, 2.24) is 0 Å². The molecular weight excluding hydrogens is 467 g/mol. The van der Waals surface area contributed by atoms with Gasteiger partial charge in [-0.2, -0.15) is 0 Å². The van der Waals surface area contributed by atoms with Crippen molar-refractivity contribution in [2.75, 3.05) is 86.4 Å². The van der Waals surface area contributed by atoms with Crippen LogP contribution in [-0.4, -0.2) is 86.4 Å². The summed E-state index contributed by atoms with van der Waals surface area (Å²) < 4.78 is 38.6. The second-order valence-corrected chi connectivity index (χ2v) is 6.60. The van der Waals surface area contributed by atoms with Crippen LogP contribution in [0.25, 0.3) is 0 Å². The van der Waals surface area contributed by atoms with Crippen LogP contribution in [0.15, 0.2) is 24.3 Å². The summed E-state index contributed by atoms with van der Waals surface area (Å²) in [6, 6.07) is 7.93. The van der Waals surface area contributed by atoms with E-state index in [0.717, 1.165) is 5.75 Å². The molecule has 0 fully saturated rings. The van der Waals surface area contributed by atoms with Crippen molar-refractivity contribution in [2.24, 2.45) is 0 Å². The lowest BCUT2D eigenvalue weighted by Gasteiger charge is -2.08. The Labute approximate surface area is 175 Å². The first-order valence-electron chi connectivity index (χ1n) is 9.09. The third kappa shape index (κ3) is 16.2. The van der Waals surface area contributed by atoms with Gasteiger partial charge in [0, 0.05) is 10.7 Å². The highest BCUT2D eigenvalue weighted by atomic mass is 127. The maximum Gasteiger partial charge on any atom is 0.119 e. The molecule has 7 nitrogen and oxygen atoms in total. The number of ether oxygens (including phenoxy) is 7. The van der Waals surface area contributed by atoms with Crippen molar-refractivity contribution in [3.8, 4) is 5.75 Å². The fraction of sp³-hybridized carbons (Fsp3) is 0.684. The van der Waals surface area contributed by atoms with Gasteiger partial charge in [0.1, 0.15) is 12.4 Å². The Morgan fingerprint density at radius 2 is 0.926 bits per heavy atom. The topological polar surface area (TPSA) is 64.6 Å².